The number of fused-ring (bicyclic) bond motifs is 1. The van der Waals surface area contributed by atoms with E-state index in [9.17, 15) is 8.78 Å². The number of halogens is 2. The Labute approximate surface area is 135 Å². The highest BCUT2D eigenvalue weighted by Gasteiger charge is 2.24. The third kappa shape index (κ3) is 3.23. The van der Waals surface area contributed by atoms with Crippen molar-refractivity contribution in [3.05, 3.63) is 29.5 Å². The van der Waals surface area contributed by atoms with E-state index in [1.54, 1.807) is 10.7 Å². The molecule has 0 bridgehead atoms. The molecule has 0 spiro atoms. The van der Waals surface area contributed by atoms with Crippen molar-refractivity contribution in [1.82, 2.24) is 14.7 Å². The molecule has 3 rings (SSSR count). The van der Waals surface area contributed by atoms with Gasteiger partial charge in [-0.3, -0.25) is 0 Å². The summed E-state index contributed by atoms with van der Waals surface area (Å²) in [5.74, 6) is -1.63. The van der Waals surface area contributed by atoms with Gasteiger partial charge in [0.05, 0.1) is 16.6 Å². The number of aromatic nitrogens is 2. The lowest BCUT2D eigenvalue weighted by atomic mass is 10.1. The van der Waals surface area contributed by atoms with Crippen molar-refractivity contribution < 1.29 is 13.5 Å². The van der Waals surface area contributed by atoms with E-state index >= 15 is 0 Å². The molecule has 0 radical (unpaired) electrons. The first kappa shape index (κ1) is 16.3. The lowest BCUT2D eigenvalue weighted by Crippen LogP contribution is -2.21. The maximum Gasteiger partial charge on any atom is 0.170 e. The van der Waals surface area contributed by atoms with Crippen LogP contribution in [0.15, 0.2) is 12.1 Å². The quantitative estimate of drug-likeness (QED) is 0.843. The van der Waals surface area contributed by atoms with Crippen LogP contribution in [0.5, 0.6) is 0 Å². The van der Waals surface area contributed by atoms with E-state index in [0.717, 1.165) is 32.4 Å². The summed E-state index contributed by atoms with van der Waals surface area (Å²) in [6, 6.07) is 2.77. The first-order valence-electron chi connectivity index (χ1n) is 8.27. The zero-order chi connectivity index (χ0) is 16.4. The Hall–Kier alpha value is -1.53. The fourth-order valence-electron chi connectivity index (χ4n) is 3.01. The molecule has 23 heavy (non-hydrogen) atoms. The predicted octanol–water partition coefficient (Wildman–Crippen LogP) is 3.51. The van der Waals surface area contributed by atoms with Crippen molar-refractivity contribution >= 4 is 10.9 Å². The van der Waals surface area contributed by atoms with Crippen LogP contribution in [0.2, 0.25) is 0 Å². The number of rotatable bonds is 5. The van der Waals surface area contributed by atoms with Crippen molar-refractivity contribution in [2.45, 2.75) is 38.8 Å². The van der Waals surface area contributed by atoms with E-state index in [4.69, 9.17) is 4.74 Å². The molecule has 0 amide bonds. The molecule has 126 valence electrons. The standard InChI is InChI=1S/C17H23F2N3O/c1-3-21(2)10-9-13-16-14(8-7-12(18)17(16)19)22(20-13)15-6-4-5-11-23-15/h7-8,15H,3-6,9-11H2,1-2H3. The van der Waals surface area contributed by atoms with Crippen molar-refractivity contribution in [2.24, 2.45) is 0 Å². The zero-order valence-electron chi connectivity index (χ0n) is 13.7. The lowest BCUT2D eigenvalue weighted by Gasteiger charge is -2.23. The maximum atomic E-state index is 14.4. The molecule has 1 unspecified atom stereocenters. The van der Waals surface area contributed by atoms with Gasteiger partial charge in [0.15, 0.2) is 17.9 Å². The SMILES string of the molecule is CCN(C)CCc1nn(C2CCCCO2)c2ccc(F)c(F)c12. The van der Waals surface area contributed by atoms with Crippen LogP contribution in [-0.2, 0) is 11.2 Å². The molecule has 2 heterocycles. The summed E-state index contributed by atoms with van der Waals surface area (Å²) in [5.41, 5.74) is 1.22. The lowest BCUT2D eigenvalue weighted by molar-refractivity contribution is -0.0369. The number of ether oxygens (including phenoxy) is 1. The molecule has 0 N–H and O–H groups in total. The molecule has 1 aliphatic heterocycles. The van der Waals surface area contributed by atoms with Gasteiger partial charge in [-0.05, 0) is 45.0 Å². The summed E-state index contributed by atoms with van der Waals surface area (Å²) in [7, 11) is 2.00. The Bertz CT molecular complexity index is 680. The van der Waals surface area contributed by atoms with Gasteiger partial charge < -0.3 is 9.64 Å². The molecule has 1 aromatic carbocycles. The highest BCUT2D eigenvalue weighted by atomic mass is 19.2. The Morgan fingerprint density at radius 3 is 2.87 bits per heavy atom. The Morgan fingerprint density at radius 2 is 2.17 bits per heavy atom. The average Bonchev–Trinajstić information content (AvgIpc) is 2.96. The van der Waals surface area contributed by atoms with E-state index in [-0.39, 0.29) is 6.23 Å². The molecule has 4 nitrogen and oxygen atoms in total. The first-order valence-corrected chi connectivity index (χ1v) is 8.27. The molecule has 1 fully saturated rings. The van der Waals surface area contributed by atoms with Crippen LogP contribution in [0.1, 0.15) is 38.1 Å². The minimum Gasteiger partial charge on any atom is -0.356 e. The van der Waals surface area contributed by atoms with Gasteiger partial charge in [0, 0.05) is 19.6 Å². The minimum absolute atomic E-state index is 0.186. The molecule has 6 heteroatoms. The fraction of sp³-hybridized carbons (Fsp3) is 0.588. The molecular formula is C17H23F2N3O. The molecule has 0 saturated carbocycles. The topological polar surface area (TPSA) is 30.3 Å². The predicted molar refractivity (Wildman–Crippen MR) is 85.4 cm³/mol. The molecule has 2 aromatic rings. The van der Waals surface area contributed by atoms with Crippen LogP contribution >= 0.6 is 0 Å². The van der Waals surface area contributed by atoms with Crippen molar-refractivity contribution in [2.75, 3.05) is 26.7 Å². The third-order valence-electron chi connectivity index (χ3n) is 4.54. The summed E-state index contributed by atoms with van der Waals surface area (Å²) in [4.78, 5) is 2.12. The number of nitrogens with zero attached hydrogens (tertiary/aromatic N) is 3. The molecule has 1 aromatic heterocycles. The second-order valence-corrected chi connectivity index (χ2v) is 6.11. The van der Waals surface area contributed by atoms with Crippen LogP contribution in [0.25, 0.3) is 10.9 Å². The fourth-order valence-corrected chi connectivity index (χ4v) is 3.01. The minimum atomic E-state index is -0.827. The van der Waals surface area contributed by atoms with E-state index in [2.05, 4.69) is 16.9 Å². The molecular weight excluding hydrogens is 300 g/mol. The van der Waals surface area contributed by atoms with Gasteiger partial charge in [-0.2, -0.15) is 5.10 Å². The van der Waals surface area contributed by atoms with Crippen LogP contribution in [-0.4, -0.2) is 41.4 Å². The molecule has 0 aliphatic carbocycles. The average molecular weight is 323 g/mol. The van der Waals surface area contributed by atoms with Crippen molar-refractivity contribution in [3.8, 4) is 0 Å². The highest BCUT2D eigenvalue weighted by Crippen LogP contribution is 2.30. The number of hydrogen-bond acceptors (Lipinski definition) is 3. The van der Waals surface area contributed by atoms with E-state index in [0.29, 0.717) is 29.6 Å². The van der Waals surface area contributed by atoms with Gasteiger partial charge in [-0.25, -0.2) is 13.5 Å². The summed E-state index contributed by atoms with van der Waals surface area (Å²) < 4.78 is 35.6. The Kier molecular flexibility index (Phi) is 4.92. The largest absolute Gasteiger partial charge is 0.356 e. The van der Waals surface area contributed by atoms with E-state index in [1.807, 2.05) is 7.05 Å². The van der Waals surface area contributed by atoms with E-state index < -0.39 is 11.6 Å². The Balaban J connectivity index is 2.01. The van der Waals surface area contributed by atoms with E-state index in [1.165, 1.54) is 6.07 Å². The van der Waals surface area contributed by atoms with Gasteiger partial charge >= 0.3 is 0 Å². The summed E-state index contributed by atoms with van der Waals surface area (Å²) in [6.07, 6.45) is 3.34. The van der Waals surface area contributed by atoms with Crippen LogP contribution < -0.4 is 0 Å². The normalized spacial score (nSPS) is 18.9. The van der Waals surface area contributed by atoms with Gasteiger partial charge in [0.1, 0.15) is 0 Å². The van der Waals surface area contributed by atoms with Gasteiger partial charge in [-0.1, -0.05) is 6.92 Å². The summed E-state index contributed by atoms with van der Waals surface area (Å²) in [5, 5.41) is 4.87. The van der Waals surface area contributed by atoms with Crippen LogP contribution in [0.3, 0.4) is 0 Å². The molecule has 1 saturated heterocycles. The van der Waals surface area contributed by atoms with Gasteiger partial charge in [0.25, 0.3) is 0 Å². The number of hydrogen-bond donors (Lipinski definition) is 0. The number of benzene rings is 1. The van der Waals surface area contributed by atoms with Gasteiger partial charge in [-0.15, -0.1) is 0 Å². The summed E-state index contributed by atoms with van der Waals surface area (Å²) in [6.45, 7) is 4.40. The highest BCUT2D eigenvalue weighted by molar-refractivity contribution is 5.83. The van der Waals surface area contributed by atoms with Crippen LogP contribution in [0.4, 0.5) is 8.78 Å². The van der Waals surface area contributed by atoms with Gasteiger partial charge in [0.2, 0.25) is 0 Å². The second kappa shape index (κ2) is 6.93. The smallest absolute Gasteiger partial charge is 0.170 e. The second-order valence-electron chi connectivity index (χ2n) is 6.11. The maximum absolute atomic E-state index is 14.4. The first-order chi connectivity index (χ1) is 11.1. The van der Waals surface area contributed by atoms with Crippen molar-refractivity contribution in [3.63, 3.8) is 0 Å². The molecule has 1 atom stereocenters. The van der Waals surface area contributed by atoms with Crippen LogP contribution in [0, 0.1) is 11.6 Å². The zero-order valence-corrected chi connectivity index (χ0v) is 13.7. The monoisotopic (exact) mass is 323 g/mol. The number of likely N-dealkylation sites (N-methyl/N-ethyl adjacent to an activating group) is 1. The summed E-state index contributed by atoms with van der Waals surface area (Å²) >= 11 is 0. The van der Waals surface area contributed by atoms with Crippen molar-refractivity contribution in [1.29, 1.82) is 0 Å². The third-order valence-corrected chi connectivity index (χ3v) is 4.54. The Morgan fingerprint density at radius 1 is 1.35 bits per heavy atom. The molecule has 1 aliphatic rings.